The van der Waals surface area contributed by atoms with E-state index in [0.717, 1.165) is 104 Å². The number of hydrogen-bond donors (Lipinski definition) is 1. The summed E-state index contributed by atoms with van der Waals surface area (Å²) in [4.78, 5) is 28.1. The predicted octanol–water partition coefficient (Wildman–Crippen LogP) is 6.28. The van der Waals surface area contributed by atoms with Crippen molar-refractivity contribution in [1.82, 2.24) is 30.0 Å². The molecule has 2 aliphatic rings. The van der Waals surface area contributed by atoms with Gasteiger partial charge in [0.05, 0.1) is 18.1 Å². The highest BCUT2D eigenvalue weighted by Crippen LogP contribution is 2.48. The molecule has 4 aromatic rings. The molecule has 1 atom stereocenters. The Kier molecular flexibility index (Phi) is 8.58. The van der Waals surface area contributed by atoms with Gasteiger partial charge in [0.25, 0.3) is 5.56 Å². The summed E-state index contributed by atoms with van der Waals surface area (Å²) in [6.45, 7) is 5.22. The zero-order chi connectivity index (χ0) is 29.8. The molecule has 1 saturated carbocycles. The first kappa shape index (κ1) is 29.1. The lowest BCUT2D eigenvalue weighted by Crippen LogP contribution is -2.47. The van der Waals surface area contributed by atoms with Gasteiger partial charge in [-0.2, -0.15) is 5.21 Å². The van der Waals surface area contributed by atoms with Crippen LogP contribution in [0.15, 0.2) is 53.3 Å². The minimum Gasteiger partial charge on any atom is -0.466 e. The van der Waals surface area contributed by atoms with Gasteiger partial charge in [-0.05, 0) is 60.9 Å². The number of ether oxygens (including phenoxy) is 1. The number of benzene rings is 2. The molecule has 1 aliphatic heterocycles. The molecule has 3 heterocycles. The van der Waals surface area contributed by atoms with Crippen LogP contribution < -0.4 is 5.56 Å². The maximum atomic E-state index is 14.4. The van der Waals surface area contributed by atoms with E-state index in [2.05, 4.69) is 62.6 Å². The molecule has 1 fully saturated rings. The van der Waals surface area contributed by atoms with Crippen LogP contribution in [0.5, 0.6) is 0 Å². The molecular weight excluding hydrogens is 540 g/mol. The number of carbonyl (C=O) groups excluding carboxylic acids is 1. The van der Waals surface area contributed by atoms with Crippen molar-refractivity contribution in [2.75, 3.05) is 6.61 Å². The molecule has 2 aromatic carbocycles. The number of aromatic amines is 1. The van der Waals surface area contributed by atoms with E-state index in [9.17, 15) is 9.59 Å². The van der Waals surface area contributed by atoms with Crippen LogP contribution in [0, 0.1) is 5.41 Å². The van der Waals surface area contributed by atoms with Crippen LogP contribution in [0.1, 0.15) is 94.5 Å². The average molecular weight is 583 g/mol. The number of H-pyrrole nitrogens is 1. The van der Waals surface area contributed by atoms with Crippen molar-refractivity contribution >= 4 is 5.97 Å². The molecule has 1 unspecified atom stereocenters. The molecule has 0 bridgehead atoms. The number of hydrogen-bond acceptors (Lipinski definition) is 6. The molecule has 2 aromatic heterocycles. The Hall–Kier alpha value is -4.01. The second kappa shape index (κ2) is 12.7. The number of tetrazole rings is 1. The molecule has 0 radical (unpaired) electrons. The monoisotopic (exact) mass is 582 g/mol. The fourth-order valence-electron chi connectivity index (χ4n) is 7.49. The van der Waals surface area contributed by atoms with Crippen molar-refractivity contribution < 1.29 is 9.53 Å². The summed E-state index contributed by atoms with van der Waals surface area (Å²) in [5, 5.41) is 14.6. The largest absolute Gasteiger partial charge is 0.466 e. The molecule has 9 heteroatoms. The Morgan fingerprint density at radius 3 is 2.42 bits per heavy atom. The van der Waals surface area contributed by atoms with Crippen molar-refractivity contribution in [2.45, 2.75) is 97.1 Å². The quantitative estimate of drug-likeness (QED) is 0.184. The van der Waals surface area contributed by atoms with E-state index in [0.29, 0.717) is 18.9 Å². The third-order valence-corrected chi connectivity index (χ3v) is 9.49. The second-order valence-corrected chi connectivity index (χ2v) is 12.1. The summed E-state index contributed by atoms with van der Waals surface area (Å²) in [7, 11) is 0. The van der Waals surface area contributed by atoms with E-state index < -0.39 is 5.41 Å². The average Bonchev–Trinajstić information content (AvgIpc) is 3.57. The molecule has 43 heavy (non-hydrogen) atoms. The van der Waals surface area contributed by atoms with Crippen molar-refractivity contribution in [2.24, 2.45) is 5.41 Å². The highest BCUT2D eigenvalue weighted by atomic mass is 16.5. The minimum atomic E-state index is -0.638. The summed E-state index contributed by atoms with van der Waals surface area (Å²) in [5.74, 6) is 0.443. The molecule has 9 nitrogen and oxygen atoms in total. The number of nitrogens with one attached hydrogen (secondary N) is 1. The van der Waals surface area contributed by atoms with E-state index >= 15 is 0 Å². The zero-order valence-corrected chi connectivity index (χ0v) is 25.3. The molecular formula is C34H42N6O3. The number of nitrogens with zero attached hydrogens (tertiary/aromatic N) is 5. The number of aromatic nitrogens is 6. The Balaban J connectivity index is 1.36. The van der Waals surface area contributed by atoms with Gasteiger partial charge >= 0.3 is 5.97 Å². The summed E-state index contributed by atoms with van der Waals surface area (Å²) in [5.41, 5.74) is 5.48. The molecule has 0 spiro atoms. The van der Waals surface area contributed by atoms with Gasteiger partial charge in [-0.1, -0.05) is 87.6 Å². The van der Waals surface area contributed by atoms with E-state index in [-0.39, 0.29) is 17.6 Å². The van der Waals surface area contributed by atoms with E-state index in [4.69, 9.17) is 4.74 Å². The molecule has 1 aliphatic carbocycles. The van der Waals surface area contributed by atoms with Crippen molar-refractivity contribution in [1.29, 1.82) is 0 Å². The predicted molar refractivity (Wildman–Crippen MR) is 166 cm³/mol. The highest BCUT2D eigenvalue weighted by Gasteiger charge is 2.50. The van der Waals surface area contributed by atoms with Gasteiger partial charge in [-0.25, -0.2) is 4.68 Å². The summed E-state index contributed by atoms with van der Waals surface area (Å²) in [6.07, 6.45) is 10.0. The maximum absolute atomic E-state index is 14.4. The summed E-state index contributed by atoms with van der Waals surface area (Å²) < 4.78 is 9.95. The lowest BCUT2D eigenvalue weighted by atomic mass is 9.72. The van der Waals surface area contributed by atoms with Gasteiger partial charge in [0.2, 0.25) is 5.82 Å². The topological polar surface area (TPSA) is 108 Å². The lowest BCUT2D eigenvalue weighted by molar-refractivity contribution is -0.161. The number of carbonyl (C=O) groups is 1. The van der Waals surface area contributed by atoms with Gasteiger partial charge in [0.15, 0.2) is 0 Å². The van der Waals surface area contributed by atoms with Crippen molar-refractivity contribution in [3.63, 3.8) is 0 Å². The van der Waals surface area contributed by atoms with Crippen LogP contribution >= 0.6 is 0 Å². The number of esters is 1. The minimum absolute atomic E-state index is 0.0626. The maximum Gasteiger partial charge on any atom is 0.314 e. The van der Waals surface area contributed by atoms with Gasteiger partial charge in [0, 0.05) is 29.8 Å². The van der Waals surface area contributed by atoms with E-state index in [1.54, 1.807) is 0 Å². The van der Waals surface area contributed by atoms with Crippen molar-refractivity contribution in [3.05, 3.63) is 75.7 Å². The summed E-state index contributed by atoms with van der Waals surface area (Å²) >= 11 is 0. The first-order valence-corrected chi connectivity index (χ1v) is 16.0. The lowest BCUT2D eigenvalue weighted by Gasteiger charge is -2.41. The van der Waals surface area contributed by atoms with E-state index in [1.165, 1.54) is 0 Å². The highest BCUT2D eigenvalue weighted by molar-refractivity contribution is 5.80. The summed E-state index contributed by atoms with van der Waals surface area (Å²) in [6, 6.07) is 16.3. The van der Waals surface area contributed by atoms with Gasteiger partial charge in [-0.3, -0.25) is 14.3 Å². The third-order valence-electron chi connectivity index (χ3n) is 9.49. The fraction of sp³-hybridized carbons (Fsp3) is 0.500. The third kappa shape index (κ3) is 5.45. The Morgan fingerprint density at radius 2 is 1.74 bits per heavy atom. The normalized spacial score (nSPS) is 18.1. The van der Waals surface area contributed by atoms with Crippen LogP contribution in [0.2, 0.25) is 0 Å². The first-order chi connectivity index (χ1) is 21.1. The molecule has 0 amide bonds. The van der Waals surface area contributed by atoms with Gasteiger partial charge in [-0.15, -0.1) is 10.2 Å². The first-order valence-electron chi connectivity index (χ1n) is 16.0. The smallest absolute Gasteiger partial charge is 0.314 e. The van der Waals surface area contributed by atoms with Crippen LogP contribution in [-0.4, -0.2) is 42.6 Å². The zero-order valence-electron chi connectivity index (χ0n) is 25.3. The standard InChI is InChI=1S/C34H42N6O3/c1-3-12-29-28(23-24-16-18-25(19-17-24)26-13-7-8-14-27(26)31-35-37-38-36-31)32(41)40-30(15-11-22-39(29)40)34(33(42)43-4-2)20-9-5-6-10-21-34/h7-8,13-14,16-19,30H,3-6,9-12,15,20-23H2,1-2H3,(H,35,36,37,38). The van der Waals surface area contributed by atoms with Crippen LogP contribution in [0.4, 0.5) is 0 Å². The van der Waals surface area contributed by atoms with Crippen LogP contribution in [0.25, 0.3) is 22.5 Å². The van der Waals surface area contributed by atoms with Crippen LogP contribution in [0.3, 0.4) is 0 Å². The Morgan fingerprint density at radius 1 is 1.00 bits per heavy atom. The fourth-order valence-corrected chi connectivity index (χ4v) is 7.49. The Bertz CT molecular complexity index is 1590. The SMILES string of the molecule is CCCc1c(Cc2ccc(-c3ccccc3-c3nn[nH]n3)cc2)c(=O)n2n1CCCC2C1(C(=O)OCC)CCCCCC1. The molecule has 6 rings (SSSR count). The van der Waals surface area contributed by atoms with Crippen molar-refractivity contribution in [3.8, 4) is 22.5 Å². The van der Waals surface area contributed by atoms with Crippen LogP contribution in [-0.2, 0) is 28.9 Å². The number of rotatable bonds is 9. The molecule has 0 saturated heterocycles. The molecule has 1 N–H and O–H groups in total. The Labute approximate surface area is 252 Å². The number of fused-ring (bicyclic) bond motifs is 1. The second-order valence-electron chi connectivity index (χ2n) is 12.1. The van der Waals surface area contributed by atoms with Gasteiger partial charge < -0.3 is 4.74 Å². The van der Waals surface area contributed by atoms with Gasteiger partial charge in [0.1, 0.15) is 0 Å². The van der Waals surface area contributed by atoms with E-state index in [1.807, 2.05) is 29.8 Å². The molecule has 226 valence electrons.